The first-order valence-corrected chi connectivity index (χ1v) is 11.2. The summed E-state index contributed by atoms with van der Waals surface area (Å²) in [5.41, 5.74) is 4.61. The molecule has 2 aliphatic rings. The first-order chi connectivity index (χ1) is 16.0. The van der Waals surface area contributed by atoms with Crippen molar-refractivity contribution in [3.63, 3.8) is 0 Å². The van der Waals surface area contributed by atoms with Gasteiger partial charge in [0, 0.05) is 17.9 Å². The van der Waals surface area contributed by atoms with Gasteiger partial charge in [-0.1, -0.05) is 67.3 Å². The van der Waals surface area contributed by atoms with Crippen molar-refractivity contribution in [3.05, 3.63) is 59.7 Å². The molecule has 0 radical (unpaired) electrons. The Morgan fingerprint density at radius 2 is 1.61 bits per heavy atom. The zero-order chi connectivity index (χ0) is 23.2. The number of amides is 2. The second-order valence-corrected chi connectivity index (χ2v) is 8.29. The molecule has 3 N–H and O–H groups in total. The number of hydrogen-bond acceptors (Lipinski definition) is 4. The van der Waals surface area contributed by atoms with Gasteiger partial charge in [-0.2, -0.15) is 0 Å². The molecule has 2 aliphatic carbocycles. The summed E-state index contributed by atoms with van der Waals surface area (Å²) < 4.78 is 5.63. The second kappa shape index (κ2) is 10.2. The van der Waals surface area contributed by atoms with E-state index in [-0.39, 0.29) is 31.0 Å². The molecular weight excluding hydrogens is 420 g/mol. The van der Waals surface area contributed by atoms with Crippen molar-refractivity contribution in [2.75, 3.05) is 13.2 Å². The molecule has 0 spiro atoms. The summed E-state index contributed by atoms with van der Waals surface area (Å²) in [6, 6.07) is 16.0. The van der Waals surface area contributed by atoms with Crippen LogP contribution >= 0.6 is 0 Å². The standard InChI is InChI=1S/C26H26N2O5/c29-24(30)14-7-15-27-25(31)21-12-5-6-13-23(21)28-26(32)33-16-22-19-10-3-1-8-17(19)18-9-2-4-11-20(18)22/h1-4,8-11,21-23H,5-6,12-13,15-16H2,(H,27,31)(H,28,32)(H,29,30). The van der Waals surface area contributed by atoms with E-state index in [9.17, 15) is 14.4 Å². The van der Waals surface area contributed by atoms with Gasteiger partial charge in [-0.25, -0.2) is 9.59 Å². The van der Waals surface area contributed by atoms with Gasteiger partial charge in [0.1, 0.15) is 6.61 Å². The van der Waals surface area contributed by atoms with Gasteiger partial charge in [0.15, 0.2) is 0 Å². The predicted octanol–water partition coefficient (Wildman–Crippen LogP) is 3.29. The van der Waals surface area contributed by atoms with Crippen LogP contribution in [0.5, 0.6) is 0 Å². The number of nitrogens with one attached hydrogen (secondary N) is 2. The second-order valence-electron chi connectivity index (χ2n) is 8.29. The summed E-state index contributed by atoms with van der Waals surface area (Å²) in [6.07, 6.45) is 2.60. The fraction of sp³-hybridized carbons (Fsp3) is 0.346. The molecule has 33 heavy (non-hydrogen) atoms. The topological polar surface area (TPSA) is 105 Å². The third-order valence-electron chi connectivity index (χ3n) is 6.30. The lowest BCUT2D eigenvalue weighted by Gasteiger charge is -2.30. The Labute approximate surface area is 192 Å². The van der Waals surface area contributed by atoms with Crippen molar-refractivity contribution >= 4 is 18.0 Å². The Balaban J connectivity index is 1.36. The largest absolute Gasteiger partial charge is 0.472 e. The average molecular weight is 447 g/mol. The minimum Gasteiger partial charge on any atom is -0.472 e. The average Bonchev–Trinajstić information content (AvgIpc) is 3.14. The van der Waals surface area contributed by atoms with Crippen molar-refractivity contribution < 1.29 is 24.2 Å². The van der Waals surface area contributed by atoms with Crippen LogP contribution in [0.15, 0.2) is 48.5 Å². The van der Waals surface area contributed by atoms with Crippen molar-refractivity contribution in [2.45, 2.75) is 37.6 Å². The highest BCUT2D eigenvalue weighted by Crippen LogP contribution is 2.44. The van der Waals surface area contributed by atoms with Crippen molar-refractivity contribution in [2.24, 2.45) is 5.92 Å². The third kappa shape index (κ3) is 5.17. The summed E-state index contributed by atoms with van der Waals surface area (Å²) in [7, 11) is 0. The van der Waals surface area contributed by atoms with Gasteiger partial charge in [-0.3, -0.25) is 4.79 Å². The first-order valence-electron chi connectivity index (χ1n) is 11.2. The van der Waals surface area contributed by atoms with Crippen molar-refractivity contribution in [1.82, 2.24) is 10.6 Å². The Bertz CT molecular complexity index is 1070. The summed E-state index contributed by atoms with van der Waals surface area (Å²) in [5.74, 6) is 2.45. The highest BCUT2D eigenvalue weighted by Gasteiger charge is 2.33. The first kappa shape index (κ1) is 22.4. The molecule has 0 saturated heterocycles. The lowest BCUT2D eigenvalue weighted by Crippen LogP contribution is -2.48. The van der Waals surface area contributed by atoms with Gasteiger partial charge in [0.25, 0.3) is 0 Å². The minimum atomic E-state index is -1.24. The van der Waals surface area contributed by atoms with Gasteiger partial charge in [0.2, 0.25) is 5.91 Å². The maximum absolute atomic E-state index is 12.6. The molecule has 2 unspecified atom stereocenters. The number of ether oxygens (including phenoxy) is 1. The molecular formula is C26H26N2O5. The van der Waals surface area contributed by atoms with Gasteiger partial charge in [-0.15, -0.1) is 0 Å². The third-order valence-corrected chi connectivity index (χ3v) is 6.30. The molecule has 2 aromatic rings. The lowest BCUT2D eigenvalue weighted by atomic mass is 9.84. The number of carboxylic acids is 1. The Morgan fingerprint density at radius 3 is 2.27 bits per heavy atom. The van der Waals surface area contributed by atoms with Crippen LogP contribution in [-0.2, 0) is 14.3 Å². The molecule has 1 saturated carbocycles. The highest BCUT2D eigenvalue weighted by molar-refractivity contribution is 5.87. The Hall–Kier alpha value is -3.79. The van der Waals surface area contributed by atoms with E-state index >= 15 is 0 Å². The monoisotopic (exact) mass is 446 g/mol. The van der Waals surface area contributed by atoms with Crippen molar-refractivity contribution in [1.29, 1.82) is 0 Å². The number of carboxylic acid groups (broad SMARTS) is 1. The molecule has 4 rings (SSSR count). The van der Waals surface area contributed by atoms with Crippen LogP contribution in [0.25, 0.3) is 11.1 Å². The van der Waals surface area contributed by atoms with Crippen LogP contribution in [0.1, 0.15) is 42.7 Å². The van der Waals surface area contributed by atoms with E-state index in [0.29, 0.717) is 12.8 Å². The predicted molar refractivity (Wildman–Crippen MR) is 122 cm³/mol. The summed E-state index contributed by atoms with van der Waals surface area (Å²) in [5, 5.41) is 14.1. The quantitative estimate of drug-likeness (QED) is 0.612. The van der Waals surface area contributed by atoms with E-state index in [2.05, 4.69) is 40.8 Å². The summed E-state index contributed by atoms with van der Waals surface area (Å²) >= 11 is 0. The van der Waals surface area contributed by atoms with E-state index in [1.165, 1.54) is 0 Å². The van der Waals surface area contributed by atoms with Gasteiger partial charge < -0.3 is 20.5 Å². The fourth-order valence-electron chi connectivity index (χ4n) is 4.79. The molecule has 7 heteroatoms. The molecule has 7 nitrogen and oxygen atoms in total. The number of rotatable bonds is 5. The molecule has 2 atom stereocenters. The van der Waals surface area contributed by atoms with Crippen LogP contribution in [0.4, 0.5) is 4.79 Å². The highest BCUT2D eigenvalue weighted by atomic mass is 16.5. The molecule has 2 aromatic carbocycles. The SMILES string of the molecule is O=C(O)C#CCNC(=O)C1CCCCC1NC(=O)OCC1c2ccccc2-c2ccccc21. The molecule has 0 heterocycles. The fourth-order valence-corrected chi connectivity index (χ4v) is 4.79. The van der Waals surface area contributed by atoms with E-state index in [4.69, 9.17) is 9.84 Å². The van der Waals surface area contributed by atoms with Crippen LogP contribution in [-0.4, -0.2) is 42.3 Å². The van der Waals surface area contributed by atoms with Crippen LogP contribution in [0.3, 0.4) is 0 Å². The van der Waals surface area contributed by atoms with Gasteiger partial charge in [-0.05, 0) is 35.1 Å². The zero-order valence-electron chi connectivity index (χ0n) is 18.2. The maximum Gasteiger partial charge on any atom is 0.407 e. The zero-order valence-corrected chi connectivity index (χ0v) is 18.2. The smallest absolute Gasteiger partial charge is 0.407 e. The molecule has 0 aliphatic heterocycles. The van der Waals surface area contributed by atoms with E-state index in [0.717, 1.165) is 35.1 Å². The van der Waals surface area contributed by atoms with Crippen LogP contribution in [0.2, 0.25) is 0 Å². The molecule has 0 aromatic heterocycles. The number of carbonyl (C=O) groups is 3. The van der Waals surface area contributed by atoms with Crippen molar-refractivity contribution in [3.8, 4) is 23.0 Å². The molecule has 0 bridgehead atoms. The summed E-state index contributed by atoms with van der Waals surface area (Å²) in [4.78, 5) is 35.7. The number of hydrogen-bond donors (Lipinski definition) is 3. The van der Waals surface area contributed by atoms with Gasteiger partial charge >= 0.3 is 12.1 Å². The maximum atomic E-state index is 12.6. The number of fused-ring (bicyclic) bond motifs is 3. The normalized spacial score (nSPS) is 18.8. The molecule has 2 amide bonds. The minimum absolute atomic E-state index is 0.0265. The van der Waals surface area contributed by atoms with Gasteiger partial charge in [0.05, 0.1) is 12.5 Å². The Kier molecular flexibility index (Phi) is 6.94. The van der Waals surface area contributed by atoms with Crippen LogP contribution in [0, 0.1) is 17.8 Å². The molecule has 170 valence electrons. The number of benzene rings is 2. The van der Waals surface area contributed by atoms with Crippen LogP contribution < -0.4 is 10.6 Å². The summed E-state index contributed by atoms with van der Waals surface area (Å²) in [6.45, 7) is 0.174. The van der Waals surface area contributed by atoms with E-state index in [1.807, 2.05) is 30.2 Å². The molecule has 1 fully saturated rings. The number of aliphatic carboxylic acids is 1. The lowest BCUT2D eigenvalue weighted by molar-refractivity contribution is -0.130. The van der Waals surface area contributed by atoms with E-state index in [1.54, 1.807) is 0 Å². The number of alkyl carbamates (subject to hydrolysis) is 1. The van der Waals surface area contributed by atoms with E-state index < -0.39 is 18.0 Å². The Morgan fingerprint density at radius 1 is 0.970 bits per heavy atom. The number of carbonyl (C=O) groups excluding carboxylic acids is 2.